The average Bonchev–Trinajstić information content (AvgIpc) is 2.98. The van der Waals surface area contributed by atoms with Gasteiger partial charge in [-0.2, -0.15) is 0 Å². The minimum Gasteiger partial charge on any atom is -0.497 e. The quantitative estimate of drug-likeness (QED) is 0.854. The summed E-state index contributed by atoms with van der Waals surface area (Å²) in [6, 6.07) is 7.00. The number of carbonyl (C=O) groups is 1. The largest absolute Gasteiger partial charge is 0.497 e. The molecule has 1 aliphatic carbocycles. The molecule has 0 heterocycles. The topological polar surface area (TPSA) is 58.6 Å². The van der Waals surface area contributed by atoms with Gasteiger partial charge in [-0.1, -0.05) is 18.9 Å². The van der Waals surface area contributed by atoms with Gasteiger partial charge in [-0.25, -0.2) is 0 Å². The van der Waals surface area contributed by atoms with Gasteiger partial charge in [0.15, 0.2) is 0 Å². The molecule has 2 rings (SSSR count). The lowest BCUT2D eigenvalue weighted by atomic mass is 10.0. The lowest BCUT2D eigenvalue weighted by Crippen LogP contribution is -2.35. The van der Waals surface area contributed by atoms with Crippen LogP contribution in [0.25, 0.3) is 0 Å². The van der Waals surface area contributed by atoms with Crippen molar-refractivity contribution in [2.75, 3.05) is 13.7 Å². The minimum atomic E-state index is -0.433. The highest BCUT2D eigenvalue weighted by Gasteiger charge is 2.23. The van der Waals surface area contributed by atoms with E-state index in [1.165, 1.54) is 12.8 Å². The molecule has 1 aromatic carbocycles. The van der Waals surface area contributed by atoms with E-state index < -0.39 is 6.10 Å². The number of hydrogen-bond donors (Lipinski definition) is 2. The first kappa shape index (κ1) is 13.9. The third-order valence-corrected chi connectivity index (χ3v) is 3.75. The van der Waals surface area contributed by atoms with Gasteiger partial charge in [-0.3, -0.25) is 4.79 Å². The van der Waals surface area contributed by atoms with Crippen LogP contribution in [0, 0.1) is 5.92 Å². The second-order valence-electron chi connectivity index (χ2n) is 5.05. The van der Waals surface area contributed by atoms with Crippen molar-refractivity contribution in [2.24, 2.45) is 5.92 Å². The van der Waals surface area contributed by atoms with E-state index in [2.05, 4.69) is 5.32 Å². The summed E-state index contributed by atoms with van der Waals surface area (Å²) >= 11 is 0. The Labute approximate surface area is 113 Å². The van der Waals surface area contributed by atoms with Gasteiger partial charge < -0.3 is 15.2 Å². The summed E-state index contributed by atoms with van der Waals surface area (Å²) in [5, 5.41) is 12.8. The maximum atomic E-state index is 12.0. The van der Waals surface area contributed by atoms with Gasteiger partial charge in [0.25, 0.3) is 5.91 Å². The Bertz CT molecular complexity index is 427. The molecule has 0 bridgehead atoms. The highest BCUT2D eigenvalue weighted by atomic mass is 16.5. The van der Waals surface area contributed by atoms with Crippen LogP contribution in [0.4, 0.5) is 0 Å². The molecule has 1 fully saturated rings. The summed E-state index contributed by atoms with van der Waals surface area (Å²) in [6.45, 7) is 0.320. The summed E-state index contributed by atoms with van der Waals surface area (Å²) in [5.74, 6) is 0.825. The van der Waals surface area contributed by atoms with E-state index in [4.69, 9.17) is 4.74 Å². The molecule has 0 radical (unpaired) electrons. The van der Waals surface area contributed by atoms with Gasteiger partial charge in [0.1, 0.15) is 5.75 Å². The molecule has 1 atom stereocenters. The Morgan fingerprint density at radius 2 is 2.21 bits per heavy atom. The molecule has 2 N–H and O–H groups in total. The fourth-order valence-corrected chi connectivity index (χ4v) is 2.57. The first-order chi connectivity index (χ1) is 9.20. The Morgan fingerprint density at radius 3 is 2.89 bits per heavy atom. The number of ether oxygens (including phenoxy) is 1. The van der Waals surface area contributed by atoms with Crippen molar-refractivity contribution in [3.63, 3.8) is 0 Å². The lowest BCUT2D eigenvalue weighted by Gasteiger charge is -2.18. The van der Waals surface area contributed by atoms with Crippen LogP contribution >= 0.6 is 0 Å². The molecule has 1 amide bonds. The number of carbonyl (C=O) groups excluding carboxylic acids is 1. The van der Waals surface area contributed by atoms with Gasteiger partial charge >= 0.3 is 0 Å². The van der Waals surface area contributed by atoms with Crippen LogP contribution in [0.5, 0.6) is 5.75 Å². The minimum absolute atomic E-state index is 0.170. The molecule has 1 aromatic rings. The van der Waals surface area contributed by atoms with E-state index >= 15 is 0 Å². The Morgan fingerprint density at radius 1 is 1.47 bits per heavy atom. The van der Waals surface area contributed by atoms with Crippen LogP contribution in [0.1, 0.15) is 36.0 Å². The van der Waals surface area contributed by atoms with Crippen LogP contribution in [-0.4, -0.2) is 30.8 Å². The molecule has 0 aromatic heterocycles. The molecule has 4 nitrogen and oxygen atoms in total. The predicted molar refractivity (Wildman–Crippen MR) is 73.3 cm³/mol. The van der Waals surface area contributed by atoms with Crippen LogP contribution in [-0.2, 0) is 0 Å². The first-order valence-electron chi connectivity index (χ1n) is 6.81. The van der Waals surface area contributed by atoms with Crippen molar-refractivity contribution in [1.82, 2.24) is 5.32 Å². The molecule has 19 heavy (non-hydrogen) atoms. The zero-order valence-corrected chi connectivity index (χ0v) is 11.3. The Kier molecular flexibility index (Phi) is 4.80. The van der Waals surface area contributed by atoms with Gasteiger partial charge in [0.2, 0.25) is 0 Å². The zero-order valence-electron chi connectivity index (χ0n) is 11.3. The molecule has 1 saturated carbocycles. The number of methoxy groups -OCH3 is 1. The van der Waals surface area contributed by atoms with Crippen LogP contribution < -0.4 is 10.1 Å². The van der Waals surface area contributed by atoms with Crippen LogP contribution in [0.2, 0.25) is 0 Å². The third-order valence-electron chi connectivity index (χ3n) is 3.75. The molecular weight excluding hydrogens is 242 g/mol. The van der Waals surface area contributed by atoms with Gasteiger partial charge in [0, 0.05) is 12.1 Å². The maximum absolute atomic E-state index is 12.0. The van der Waals surface area contributed by atoms with E-state index in [1.807, 2.05) is 0 Å². The molecular formula is C15H21NO3. The Balaban J connectivity index is 1.86. The van der Waals surface area contributed by atoms with Gasteiger partial charge in [0.05, 0.1) is 13.2 Å². The highest BCUT2D eigenvalue weighted by Crippen LogP contribution is 2.27. The fraction of sp³-hybridized carbons (Fsp3) is 0.533. The van der Waals surface area contributed by atoms with Crippen molar-refractivity contribution < 1.29 is 14.6 Å². The number of benzene rings is 1. The van der Waals surface area contributed by atoms with Gasteiger partial charge in [-0.05, 0) is 37.0 Å². The second kappa shape index (κ2) is 6.57. The third kappa shape index (κ3) is 3.70. The number of nitrogens with one attached hydrogen (secondary N) is 1. The van der Waals surface area contributed by atoms with Crippen molar-refractivity contribution in [1.29, 1.82) is 0 Å². The fourth-order valence-electron chi connectivity index (χ4n) is 2.57. The number of hydrogen-bond acceptors (Lipinski definition) is 3. The van der Waals surface area contributed by atoms with E-state index in [9.17, 15) is 9.90 Å². The summed E-state index contributed by atoms with van der Waals surface area (Å²) in [7, 11) is 1.57. The molecule has 1 unspecified atom stereocenters. The summed E-state index contributed by atoms with van der Waals surface area (Å²) in [5.41, 5.74) is 0.554. The first-order valence-corrected chi connectivity index (χ1v) is 6.81. The number of rotatable bonds is 5. The molecule has 0 saturated heterocycles. The number of aliphatic hydroxyl groups excluding tert-OH is 1. The smallest absolute Gasteiger partial charge is 0.251 e. The van der Waals surface area contributed by atoms with E-state index in [0.717, 1.165) is 12.8 Å². The van der Waals surface area contributed by atoms with Crippen molar-refractivity contribution >= 4 is 5.91 Å². The molecule has 104 valence electrons. The zero-order chi connectivity index (χ0) is 13.7. The van der Waals surface area contributed by atoms with Gasteiger partial charge in [-0.15, -0.1) is 0 Å². The van der Waals surface area contributed by atoms with Crippen molar-refractivity contribution in [2.45, 2.75) is 31.8 Å². The number of amides is 1. The second-order valence-corrected chi connectivity index (χ2v) is 5.05. The van der Waals surface area contributed by atoms with E-state index in [0.29, 0.717) is 23.8 Å². The van der Waals surface area contributed by atoms with Crippen LogP contribution in [0.3, 0.4) is 0 Å². The maximum Gasteiger partial charge on any atom is 0.251 e. The molecule has 0 spiro atoms. The monoisotopic (exact) mass is 263 g/mol. The average molecular weight is 263 g/mol. The van der Waals surface area contributed by atoms with Crippen molar-refractivity contribution in [3.8, 4) is 5.75 Å². The Hall–Kier alpha value is -1.55. The SMILES string of the molecule is COc1cccc(C(=O)NCC(O)C2CCCC2)c1. The standard InChI is InChI=1S/C15H21NO3/c1-19-13-8-4-7-12(9-13)15(18)16-10-14(17)11-5-2-3-6-11/h4,7-9,11,14,17H,2-3,5-6,10H2,1H3,(H,16,18). The summed E-state index contributed by atoms with van der Waals surface area (Å²) in [4.78, 5) is 12.0. The normalized spacial score (nSPS) is 17.2. The predicted octanol–water partition coefficient (Wildman–Crippen LogP) is 1.98. The van der Waals surface area contributed by atoms with Crippen LogP contribution in [0.15, 0.2) is 24.3 Å². The van der Waals surface area contributed by atoms with Crippen molar-refractivity contribution in [3.05, 3.63) is 29.8 Å². The highest BCUT2D eigenvalue weighted by molar-refractivity contribution is 5.94. The van der Waals surface area contributed by atoms with E-state index in [-0.39, 0.29) is 5.91 Å². The molecule has 4 heteroatoms. The molecule has 0 aliphatic heterocycles. The lowest BCUT2D eigenvalue weighted by molar-refractivity contribution is 0.0840. The summed E-state index contributed by atoms with van der Waals surface area (Å²) in [6.07, 6.45) is 4.07. The molecule has 1 aliphatic rings. The summed E-state index contributed by atoms with van der Waals surface area (Å²) < 4.78 is 5.08. The van der Waals surface area contributed by atoms with E-state index in [1.54, 1.807) is 31.4 Å². The number of aliphatic hydroxyl groups is 1.